The highest BCUT2D eigenvalue weighted by Crippen LogP contribution is 2.48. The van der Waals surface area contributed by atoms with Crippen molar-refractivity contribution in [2.75, 3.05) is 17.7 Å². The van der Waals surface area contributed by atoms with Crippen molar-refractivity contribution in [2.24, 2.45) is 5.41 Å². The van der Waals surface area contributed by atoms with Gasteiger partial charge in [-0.3, -0.25) is 4.79 Å². The molecular weight excluding hydrogens is 238 g/mol. The molecule has 0 unspecified atom stereocenters. The van der Waals surface area contributed by atoms with Crippen LogP contribution >= 0.6 is 11.6 Å². The van der Waals surface area contributed by atoms with Gasteiger partial charge in [-0.2, -0.15) is 0 Å². The quantitative estimate of drug-likeness (QED) is 0.792. The zero-order valence-electron chi connectivity index (χ0n) is 10.1. The molecule has 1 N–H and O–H groups in total. The van der Waals surface area contributed by atoms with Gasteiger partial charge < -0.3 is 9.88 Å². The molecule has 94 valence electrons. The second-order valence-electron chi connectivity index (χ2n) is 4.66. The largest absolute Gasteiger partial charge is 0.365 e. The van der Waals surface area contributed by atoms with Crippen LogP contribution in [0.15, 0.2) is 17.2 Å². The number of anilines is 1. The third kappa shape index (κ3) is 2.80. The van der Waals surface area contributed by atoms with E-state index in [4.69, 9.17) is 11.6 Å². The molecule has 1 fully saturated rings. The van der Waals surface area contributed by atoms with Gasteiger partial charge in [0.05, 0.1) is 0 Å². The molecule has 1 heterocycles. The van der Waals surface area contributed by atoms with E-state index >= 15 is 0 Å². The molecule has 0 amide bonds. The molecule has 0 atom stereocenters. The van der Waals surface area contributed by atoms with Gasteiger partial charge in [0.15, 0.2) is 5.82 Å². The van der Waals surface area contributed by atoms with E-state index in [-0.39, 0.29) is 5.56 Å². The van der Waals surface area contributed by atoms with Crippen LogP contribution in [0.5, 0.6) is 0 Å². The molecule has 4 nitrogen and oxygen atoms in total. The van der Waals surface area contributed by atoms with E-state index in [1.807, 2.05) is 6.92 Å². The number of aryl methyl sites for hydroxylation is 1. The fourth-order valence-corrected chi connectivity index (χ4v) is 2.38. The average Bonchev–Trinajstić information content (AvgIpc) is 3.09. The zero-order chi connectivity index (χ0) is 12.3. The summed E-state index contributed by atoms with van der Waals surface area (Å²) in [5.41, 5.74) is 0.264. The summed E-state index contributed by atoms with van der Waals surface area (Å²) >= 11 is 5.78. The minimum absolute atomic E-state index is 0.0447. The molecule has 1 aromatic heterocycles. The molecular formula is C12H18ClN3O. The van der Waals surface area contributed by atoms with Gasteiger partial charge in [0.1, 0.15) is 0 Å². The van der Waals surface area contributed by atoms with E-state index in [1.54, 1.807) is 17.0 Å². The Kier molecular flexibility index (Phi) is 3.72. The number of alkyl halides is 1. The first-order chi connectivity index (χ1) is 8.21. The van der Waals surface area contributed by atoms with Gasteiger partial charge in [-0.15, -0.1) is 11.6 Å². The van der Waals surface area contributed by atoms with Gasteiger partial charge in [0, 0.05) is 31.4 Å². The summed E-state index contributed by atoms with van der Waals surface area (Å²) in [5.74, 6) is 1.14. The van der Waals surface area contributed by atoms with Crippen LogP contribution in [0.2, 0.25) is 0 Å². The number of nitrogens with zero attached hydrogens (tertiary/aromatic N) is 2. The second kappa shape index (κ2) is 5.08. The maximum Gasteiger partial charge on any atom is 0.293 e. The lowest BCUT2D eigenvalue weighted by Crippen LogP contribution is -2.26. The van der Waals surface area contributed by atoms with E-state index < -0.39 is 0 Å². The molecule has 0 aliphatic heterocycles. The fourth-order valence-electron chi connectivity index (χ4n) is 1.98. The van der Waals surface area contributed by atoms with E-state index in [9.17, 15) is 4.79 Å². The smallest absolute Gasteiger partial charge is 0.293 e. The Labute approximate surface area is 106 Å². The van der Waals surface area contributed by atoms with Crippen molar-refractivity contribution >= 4 is 17.4 Å². The van der Waals surface area contributed by atoms with E-state index in [0.29, 0.717) is 23.7 Å². The van der Waals surface area contributed by atoms with Gasteiger partial charge in [-0.25, -0.2) is 4.98 Å². The molecule has 0 saturated heterocycles. The molecule has 0 bridgehead atoms. The summed E-state index contributed by atoms with van der Waals surface area (Å²) in [5, 5.41) is 3.17. The molecule has 0 spiro atoms. The van der Waals surface area contributed by atoms with Crippen LogP contribution in [0.4, 0.5) is 5.82 Å². The maximum absolute atomic E-state index is 11.9. The number of hydrogen-bond donors (Lipinski definition) is 1. The first-order valence-corrected chi connectivity index (χ1v) is 6.59. The van der Waals surface area contributed by atoms with Crippen molar-refractivity contribution in [3.63, 3.8) is 0 Å². The summed E-state index contributed by atoms with van der Waals surface area (Å²) in [7, 11) is 0. The molecule has 1 saturated carbocycles. The predicted molar refractivity (Wildman–Crippen MR) is 69.7 cm³/mol. The third-order valence-corrected chi connectivity index (χ3v) is 3.66. The minimum Gasteiger partial charge on any atom is -0.365 e. The van der Waals surface area contributed by atoms with Crippen LogP contribution < -0.4 is 10.9 Å². The lowest BCUT2D eigenvalue weighted by molar-refractivity contribution is 0.523. The van der Waals surface area contributed by atoms with E-state index in [2.05, 4.69) is 10.3 Å². The minimum atomic E-state index is -0.0447. The number of hydrogen-bond acceptors (Lipinski definition) is 3. The first-order valence-electron chi connectivity index (χ1n) is 6.06. The van der Waals surface area contributed by atoms with Gasteiger partial charge >= 0.3 is 0 Å². The SMILES string of the molecule is CCn1ccnc(NCC2(CCCl)CC2)c1=O. The highest BCUT2D eigenvalue weighted by Gasteiger charge is 2.41. The summed E-state index contributed by atoms with van der Waals surface area (Å²) in [6.07, 6.45) is 6.77. The lowest BCUT2D eigenvalue weighted by atomic mass is 10.0. The van der Waals surface area contributed by atoms with Crippen LogP contribution in [0.3, 0.4) is 0 Å². The van der Waals surface area contributed by atoms with Gasteiger partial charge in [-0.1, -0.05) is 0 Å². The molecule has 1 aliphatic carbocycles. The van der Waals surface area contributed by atoms with Crippen LogP contribution in [0.1, 0.15) is 26.2 Å². The Bertz CT molecular complexity index is 440. The topological polar surface area (TPSA) is 46.9 Å². The van der Waals surface area contributed by atoms with Gasteiger partial charge in [0.25, 0.3) is 5.56 Å². The molecule has 1 aromatic rings. The predicted octanol–water partition coefficient (Wildman–Crippen LogP) is 2.08. The van der Waals surface area contributed by atoms with Crippen LogP contribution in [-0.2, 0) is 6.54 Å². The number of nitrogens with one attached hydrogen (secondary N) is 1. The number of halogens is 1. The Morgan fingerprint density at radius 2 is 2.35 bits per heavy atom. The average molecular weight is 256 g/mol. The molecule has 5 heteroatoms. The Hall–Kier alpha value is -1.03. The second-order valence-corrected chi connectivity index (χ2v) is 5.04. The van der Waals surface area contributed by atoms with Crippen LogP contribution in [0.25, 0.3) is 0 Å². The molecule has 17 heavy (non-hydrogen) atoms. The lowest BCUT2D eigenvalue weighted by Gasteiger charge is -2.14. The van der Waals surface area contributed by atoms with E-state index in [1.165, 1.54) is 12.8 Å². The number of rotatable bonds is 6. The van der Waals surface area contributed by atoms with Gasteiger partial charge in [0.2, 0.25) is 0 Å². The van der Waals surface area contributed by atoms with Crippen molar-refractivity contribution in [3.8, 4) is 0 Å². The van der Waals surface area contributed by atoms with Crippen molar-refractivity contribution in [2.45, 2.75) is 32.7 Å². The standard InChI is InChI=1S/C12H18ClN3O/c1-2-16-8-7-14-10(11(16)17)15-9-12(3-4-12)5-6-13/h7-8H,2-6,9H2,1H3,(H,14,15). The molecule has 0 radical (unpaired) electrons. The fraction of sp³-hybridized carbons (Fsp3) is 0.667. The summed E-state index contributed by atoms with van der Waals surface area (Å²) < 4.78 is 1.65. The summed E-state index contributed by atoms with van der Waals surface area (Å²) in [6, 6.07) is 0. The highest BCUT2D eigenvalue weighted by atomic mass is 35.5. The maximum atomic E-state index is 11.9. The van der Waals surface area contributed by atoms with Crippen LogP contribution in [-0.4, -0.2) is 22.0 Å². The Balaban J connectivity index is 2.02. The van der Waals surface area contributed by atoms with Crippen molar-refractivity contribution in [1.29, 1.82) is 0 Å². The summed E-state index contributed by atoms with van der Waals surface area (Å²) in [4.78, 5) is 16.0. The zero-order valence-corrected chi connectivity index (χ0v) is 10.8. The summed E-state index contributed by atoms with van der Waals surface area (Å²) in [6.45, 7) is 3.42. The van der Waals surface area contributed by atoms with Crippen molar-refractivity contribution < 1.29 is 0 Å². The van der Waals surface area contributed by atoms with Crippen LogP contribution in [0, 0.1) is 5.41 Å². The highest BCUT2D eigenvalue weighted by molar-refractivity contribution is 6.17. The third-order valence-electron chi connectivity index (χ3n) is 3.47. The number of aromatic nitrogens is 2. The van der Waals surface area contributed by atoms with Crippen molar-refractivity contribution in [3.05, 3.63) is 22.7 Å². The van der Waals surface area contributed by atoms with Crippen molar-refractivity contribution in [1.82, 2.24) is 9.55 Å². The monoisotopic (exact) mass is 255 g/mol. The first kappa shape index (κ1) is 12.4. The van der Waals surface area contributed by atoms with E-state index in [0.717, 1.165) is 13.0 Å². The molecule has 0 aromatic carbocycles. The Morgan fingerprint density at radius 1 is 1.59 bits per heavy atom. The van der Waals surface area contributed by atoms with Gasteiger partial charge in [-0.05, 0) is 31.6 Å². The Morgan fingerprint density at radius 3 is 2.94 bits per heavy atom. The normalized spacial score (nSPS) is 16.8. The molecule has 2 rings (SSSR count). The molecule has 1 aliphatic rings.